The van der Waals surface area contributed by atoms with E-state index in [-0.39, 0.29) is 11.7 Å². The highest BCUT2D eigenvalue weighted by Crippen LogP contribution is 2.18. The summed E-state index contributed by atoms with van der Waals surface area (Å²) in [5, 5.41) is 7.13. The second kappa shape index (κ2) is 9.73. The second-order valence-electron chi connectivity index (χ2n) is 7.66. The van der Waals surface area contributed by atoms with E-state index in [4.69, 9.17) is 17.0 Å². The fraction of sp³-hybridized carbons (Fsp3) is 0.391. The molecule has 0 unspecified atom stereocenters. The van der Waals surface area contributed by atoms with Crippen LogP contribution in [-0.4, -0.2) is 34.3 Å². The fourth-order valence-electron chi connectivity index (χ4n) is 3.75. The topological polar surface area (TPSA) is 57.4 Å². The zero-order valence-electron chi connectivity index (χ0n) is 17.1. The number of benzene rings is 1. The van der Waals surface area contributed by atoms with E-state index in [2.05, 4.69) is 45.7 Å². The number of pyridine rings is 1. The van der Waals surface area contributed by atoms with Crippen molar-refractivity contribution < 1.29 is 4.74 Å². The first-order chi connectivity index (χ1) is 14.6. The van der Waals surface area contributed by atoms with Gasteiger partial charge in [-0.25, -0.2) is 0 Å². The van der Waals surface area contributed by atoms with E-state index in [1.54, 1.807) is 11.3 Å². The van der Waals surface area contributed by atoms with Gasteiger partial charge in [-0.3, -0.25) is 4.79 Å². The molecule has 7 heteroatoms. The van der Waals surface area contributed by atoms with Gasteiger partial charge in [-0.15, -0.1) is 11.3 Å². The minimum atomic E-state index is -0.0649. The van der Waals surface area contributed by atoms with E-state index in [0.29, 0.717) is 30.3 Å². The number of thiocarbonyl (C=S) groups is 1. The predicted octanol–water partition coefficient (Wildman–Crippen LogP) is 4.21. The lowest BCUT2D eigenvalue weighted by Gasteiger charge is -2.26. The number of nitrogens with one attached hydrogen (secondary N) is 2. The third-order valence-electron chi connectivity index (χ3n) is 5.47. The summed E-state index contributed by atoms with van der Waals surface area (Å²) in [6.45, 7) is 4.78. The molecular weight excluding hydrogens is 414 g/mol. The van der Waals surface area contributed by atoms with E-state index in [0.717, 1.165) is 36.8 Å². The highest BCUT2D eigenvalue weighted by Gasteiger charge is 2.19. The van der Waals surface area contributed by atoms with Crippen molar-refractivity contribution in [3.8, 4) is 0 Å². The van der Waals surface area contributed by atoms with Gasteiger partial charge in [0.05, 0.1) is 19.2 Å². The molecule has 0 saturated carbocycles. The van der Waals surface area contributed by atoms with Crippen molar-refractivity contribution in [1.29, 1.82) is 0 Å². The standard InChI is InChI=1S/C23H27N3O2S2/c1-2-16-7-8-21-17(11-16)12-18(22(27)25-21)14-26(15-20-6-4-10-30-20)23(29)24-13-19-5-3-9-28-19/h4,6-8,10-12,19H,2-3,5,9,13-15H2,1H3,(H,24,29)(H,25,27)/t19-/m0/s1. The molecule has 5 nitrogen and oxygen atoms in total. The number of hydrogen-bond acceptors (Lipinski definition) is 4. The summed E-state index contributed by atoms with van der Waals surface area (Å²) < 4.78 is 5.70. The van der Waals surface area contributed by atoms with Crippen LogP contribution in [0.4, 0.5) is 0 Å². The lowest BCUT2D eigenvalue weighted by molar-refractivity contribution is 0.113. The Kier molecular flexibility index (Phi) is 6.82. The largest absolute Gasteiger partial charge is 0.376 e. The Balaban J connectivity index is 1.56. The lowest BCUT2D eigenvalue weighted by Crippen LogP contribution is -2.42. The van der Waals surface area contributed by atoms with Crippen LogP contribution in [0.3, 0.4) is 0 Å². The Bertz CT molecular complexity index is 1060. The van der Waals surface area contributed by atoms with E-state index >= 15 is 0 Å². The van der Waals surface area contributed by atoms with E-state index in [1.165, 1.54) is 10.4 Å². The van der Waals surface area contributed by atoms with Crippen LogP contribution in [0.15, 0.2) is 46.6 Å². The van der Waals surface area contributed by atoms with Gasteiger partial charge >= 0.3 is 0 Å². The molecular formula is C23H27N3O2S2. The molecule has 0 aliphatic carbocycles. The van der Waals surface area contributed by atoms with Gasteiger partial charge < -0.3 is 19.9 Å². The van der Waals surface area contributed by atoms with Crippen molar-refractivity contribution in [2.75, 3.05) is 13.2 Å². The SMILES string of the molecule is CCc1ccc2[nH]c(=O)c(CN(Cc3cccs3)C(=S)NC[C@@H]3CCCO3)cc2c1. The monoisotopic (exact) mass is 441 g/mol. The summed E-state index contributed by atoms with van der Waals surface area (Å²) >= 11 is 7.41. The van der Waals surface area contributed by atoms with Gasteiger partial charge in [0, 0.05) is 29.1 Å². The summed E-state index contributed by atoms with van der Waals surface area (Å²) in [5.74, 6) is 0. The summed E-state index contributed by atoms with van der Waals surface area (Å²) in [7, 11) is 0. The molecule has 0 amide bonds. The number of aromatic amines is 1. The number of rotatable bonds is 7. The Labute approximate surface area is 186 Å². The molecule has 1 saturated heterocycles. The van der Waals surface area contributed by atoms with Crippen LogP contribution in [0.2, 0.25) is 0 Å². The molecule has 1 atom stereocenters. The first-order valence-electron chi connectivity index (χ1n) is 10.4. The number of H-pyrrole nitrogens is 1. The van der Waals surface area contributed by atoms with Gasteiger partial charge in [-0.1, -0.05) is 19.1 Å². The number of nitrogens with zero attached hydrogens (tertiary/aromatic N) is 1. The minimum Gasteiger partial charge on any atom is -0.376 e. The van der Waals surface area contributed by atoms with E-state index < -0.39 is 0 Å². The van der Waals surface area contributed by atoms with Crippen LogP contribution < -0.4 is 10.9 Å². The Morgan fingerprint density at radius 1 is 1.33 bits per heavy atom. The molecule has 1 aromatic carbocycles. The molecule has 0 spiro atoms. The molecule has 1 aliphatic rings. The summed E-state index contributed by atoms with van der Waals surface area (Å²) in [5.41, 5.74) is 2.77. The molecule has 2 aromatic heterocycles. The molecule has 1 fully saturated rings. The van der Waals surface area contributed by atoms with Gasteiger partial charge in [-0.05, 0) is 72.1 Å². The molecule has 2 N–H and O–H groups in total. The smallest absolute Gasteiger partial charge is 0.253 e. The van der Waals surface area contributed by atoms with Crippen LogP contribution in [0.25, 0.3) is 10.9 Å². The van der Waals surface area contributed by atoms with Gasteiger partial charge in [0.25, 0.3) is 5.56 Å². The average Bonchev–Trinajstić information content (AvgIpc) is 3.46. The highest BCUT2D eigenvalue weighted by molar-refractivity contribution is 7.80. The maximum atomic E-state index is 12.8. The summed E-state index contributed by atoms with van der Waals surface area (Å²) in [6.07, 6.45) is 3.34. The van der Waals surface area contributed by atoms with Gasteiger partial charge in [0.2, 0.25) is 0 Å². The number of aryl methyl sites for hydroxylation is 1. The zero-order valence-corrected chi connectivity index (χ0v) is 18.8. The van der Waals surface area contributed by atoms with Crippen molar-refractivity contribution in [3.63, 3.8) is 0 Å². The van der Waals surface area contributed by atoms with Gasteiger partial charge in [0.15, 0.2) is 5.11 Å². The number of aromatic nitrogens is 1. The van der Waals surface area contributed by atoms with Crippen molar-refractivity contribution >= 4 is 39.6 Å². The maximum absolute atomic E-state index is 12.8. The summed E-state index contributed by atoms with van der Waals surface area (Å²) in [6, 6.07) is 12.3. The Hall–Kier alpha value is -2.22. The fourth-order valence-corrected chi connectivity index (χ4v) is 4.68. The zero-order chi connectivity index (χ0) is 20.9. The molecule has 0 bridgehead atoms. The molecule has 3 heterocycles. The molecule has 1 aliphatic heterocycles. The van der Waals surface area contributed by atoms with E-state index in [1.807, 2.05) is 18.2 Å². The minimum absolute atomic E-state index is 0.0649. The molecule has 3 aromatic rings. The van der Waals surface area contributed by atoms with Crippen LogP contribution >= 0.6 is 23.6 Å². The van der Waals surface area contributed by atoms with Crippen molar-refractivity contribution in [3.05, 3.63) is 68.1 Å². The van der Waals surface area contributed by atoms with Crippen LogP contribution in [-0.2, 0) is 24.2 Å². The Morgan fingerprint density at radius 3 is 2.97 bits per heavy atom. The number of fused-ring (bicyclic) bond motifs is 1. The highest BCUT2D eigenvalue weighted by atomic mass is 32.1. The lowest BCUT2D eigenvalue weighted by atomic mass is 10.1. The molecule has 30 heavy (non-hydrogen) atoms. The first kappa shape index (κ1) is 21.0. The van der Waals surface area contributed by atoms with Crippen LogP contribution in [0, 0.1) is 0 Å². The van der Waals surface area contributed by atoms with Crippen molar-refractivity contribution in [2.24, 2.45) is 0 Å². The number of thiophene rings is 1. The average molecular weight is 442 g/mol. The molecule has 0 radical (unpaired) electrons. The van der Waals surface area contributed by atoms with Gasteiger partial charge in [-0.2, -0.15) is 0 Å². The summed E-state index contributed by atoms with van der Waals surface area (Å²) in [4.78, 5) is 19.1. The predicted molar refractivity (Wildman–Crippen MR) is 127 cm³/mol. The second-order valence-corrected chi connectivity index (χ2v) is 9.07. The molecule has 4 rings (SSSR count). The van der Waals surface area contributed by atoms with Gasteiger partial charge in [0.1, 0.15) is 0 Å². The van der Waals surface area contributed by atoms with Crippen molar-refractivity contribution in [1.82, 2.24) is 15.2 Å². The quantitative estimate of drug-likeness (QED) is 0.538. The number of hydrogen-bond donors (Lipinski definition) is 2. The third kappa shape index (κ3) is 5.09. The maximum Gasteiger partial charge on any atom is 0.253 e. The number of ether oxygens (including phenoxy) is 1. The van der Waals surface area contributed by atoms with Crippen LogP contribution in [0.1, 0.15) is 35.8 Å². The van der Waals surface area contributed by atoms with Crippen LogP contribution in [0.5, 0.6) is 0 Å². The van der Waals surface area contributed by atoms with E-state index in [9.17, 15) is 4.79 Å². The normalized spacial score (nSPS) is 16.1. The first-order valence-corrected chi connectivity index (χ1v) is 11.7. The molecule has 158 valence electrons. The Morgan fingerprint density at radius 2 is 2.23 bits per heavy atom. The third-order valence-corrected chi connectivity index (χ3v) is 6.74. The van der Waals surface area contributed by atoms with Crippen molar-refractivity contribution in [2.45, 2.75) is 45.4 Å².